The summed E-state index contributed by atoms with van der Waals surface area (Å²) in [7, 11) is 3.31. The molecule has 1 fully saturated rings. The number of aliphatic carboxylic acids is 1. The van der Waals surface area contributed by atoms with E-state index in [9.17, 15) is 23.8 Å². The molecule has 1 aliphatic carbocycles. The zero-order valence-corrected chi connectivity index (χ0v) is 20.7. The molecule has 9 heteroatoms. The van der Waals surface area contributed by atoms with E-state index in [4.69, 9.17) is 9.72 Å². The van der Waals surface area contributed by atoms with Crippen LogP contribution in [0.3, 0.4) is 0 Å². The van der Waals surface area contributed by atoms with Gasteiger partial charge in [0.2, 0.25) is 0 Å². The van der Waals surface area contributed by atoms with E-state index < -0.39 is 29.6 Å². The molecule has 192 valence electrons. The van der Waals surface area contributed by atoms with Crippen LogP contribution in [-0.4, -0.2) is 45.9 Å². The molecule has 1 saturated carbocycles. The second-order valence-corrected chi connectivity index (χ2v) is 10.0. The molecule has 1 aliphatic heterocycles. The van der Waals surface area contributed by atoms with Gasteiger partial charge in [-0.3, -0.25) is 4.79 Å². The van der Waals surface area contributed by atoms with E-state index in [2.05, 4.69) is 11.8 Å². The quantitative estimate of drug-likeness (QED) is 0.514. The summed E-state index contributed by atoms with van der Waals surface area (Å²) < 4.78 is 35.8. The minimum atomic E-state index is -1.47. The highest BCUT2D eigenvalue weighted by Crippen LogP contribution is 2.43. The Labute approximate surface area is 208 Å². The molecule has 0 spiro atoms. The lowest BCUT2D eigenvalue weighted by atomic mass is 9.85. The lowest BCUT2D eigenvalue weighted by molar-refractivity contribution is -0.143. The number of anilines is 1. The minimum Gasteiger partial charge on any atom is -0.493 e. The van der Waals surface area contributed by atoms with Gasteiger partial charge in [0.05, 0.1) is 24.1 Å². The Hall–Kier alpha value is -3.20. The van der Waals surface area contributed by atoms with E-state index in [-0.39, 0.29) is 23.2 Å². The van der Waals surface area contributed by atoms with Gasteiger partial charge in [0, 0.05) is 42.0 Å². The van der Waals surface area contributed by atoms with Gasteiger partial charge in [0.25, 0.3) is 0 Å². The van der Waals surface area contributed by atoms with Gasteiger partial charge in [0.15, 0.2) is 11.6 Å². The van der Waals surface area contributed by atoms with E-state index >= 15 is 0 Å². The number of methoxy groups -OCH3 is 1. The van der Waals surface area contributed by atoms with Crippen LogP contribution in [0.1, 0.15) is 68.1 Å². The van der Waals surface area contributed by atoms with Crippen LogP contribution in [0.5, 0.6) is 5.75 Å². The summed E-state index contributed by atoms with van der Waals surface area (Å²) in [4.78, 5) is 18.9. The number of benzene rings is 2. The van der Waals surface area contributed by atoms with Crippen molar-refractivity contribution in [1.82, 2.24) is 9.55 Å². The number of hydrogen-bond donors (Lipinski definition) is 2. The molecule has 5 rings (SSSR count). The monoisotopic (exact) mass is 499 g/mol. The zero-order valence-electron chi connectivity index (χ0n) is 20.7. The summed E-state index contributed by atoms with van der Waals surface area (Å²) in [6.07, 6.45) is 2.71. The molecule has 36 heavy (non-hydrogen) atoms. The highest BCUT2D eigenvalue weighted by Gasteiger charge is 2.34. The lowest BCUT2D eigenvalue weighted by Gasteiger charge is -2.34. The van der Waals surface area contributed by atoms with Crippen molar-refractivity contribution in [3.63, 3.8) is 0 Å². The van der Waals surface area contributed by atoms with Crippen LogP contribution < -0.4 is 9.64 Å². The number of aliphatic hydroxyl groups excluding tert-OH is 1. The van der Waals surface area contributed by atoms with Gasteiger partial charge in [-0.25, -0.2) is 13.8 Å². The van der Waals surface area contributed by atoms with Gasteiger partial charge < -0.3 is 24.4 Å². The average molecular weight is 500 g/mol. The molecule has 1 aromatic heterocycles. The van der Waals surface area contributed by atoms with Gasteiger partial charge in [-0.1, -0.05) is 6.42 Å². The fourth-order valence-electron chi connectivity index (χ4n) is 5.92. The Morgan fingerprint density at radius 1 is 1.22 bits per heavy atom. The Morgan fingerprint density at radius 2 is 2.00 bits per heavy atom. The second-order valence-electron chi connectivity index (χ2n) is 10.0. The first-order valence-corrected chi connectivity index (χ1v) is 12.4. The van der Waals surface area contributed by atoms with Crippen molar-refractivity contribution in [2.75, 3.05) is 19.1 Å². The number of carboxylic acids is 1. The number of fused-ring (bicyclic) bond motifs is 3. The maximum atomic E-state index is 14.5. The molecule has 2 aliphatic rings. The second kappa shape index (κ2) is 9.35. The van der Waals surface area contributed by atoms with Gasteiger partial charge in [-0.05, 0) is 57.2 Å². The maximum absolute atomic E-state index is 14.5. The number of aliphatic hydroxyl groups is 1. The predicted octanol–water partition coefficient (Wildman–Crippen LogP) is 4.99. The molecule has 2 aromatic carbocycles. The predicted molar refractivity (Wildman–Crippen MR) is 132 cm³/mol. The summed E-state index contributed by atoms with van der Waals surface area (Å²) in [5, 5.41) is 21.2. The summed E-state index contributed by atoms with van der Waals surface area (Å²) in [5.41, 5.74) is 3.58. The highest BCUT2D eigenvalue weighted by atomic mass is 19.1. The number of carbonyl (C=O) groups is 1. The van der Waals surface area contributed by atoms with Crippen molar-refractivity contribution >= 4 is 22.7 Å². The Bertz CT molecular complexity index is 1320. The zero-order chi connectivity index (χ0) is 25.7. The molecular formula is C27H31F2N3O4. The first kappa shape index (κ1) is 24.5. The number of aromatic nitrogens is 2. The fraction of sp³-hybridized carbons (Fsp3) is 0.481. The SMILES string of the molecule is COc1c(F)cc(F)cc1C(O)c1nc2c3c(ccc2n1C1CCCC(C(=O)O)C1)N(C)C(C)CC3. The van der Waals surface area contributed by atoms with Crippen molar-refractivity contribution in [1.29, 1.82) is 0 Å². The normalized spacial score (nSPS) is 22.9. The number of hydrogen-bond acceptors (Lipinski definition) is 5. The van der Waals surface area contributed by atoms with Gasteiger partial charge >= 0.3 is 5.97 Å². The summed E-state index contributed by atoms with van der Waals surface area (Å²) in [6.45, 7) is 2.17. The molecule has 3 aromatic rings. The lowest BCUT2D eigenvalue weighted by Crippen LogP contribution is -2.33. The number of imidazole rings is 1. The van der Waals surface area contributed by atoms with Gasteiger partial charge in [-0.2, -0.15) is 0 Å². The summed E-state index contributed by atoms with van der Waals surface area (Å²) in [5.74, 6) is -3.10. The fourth-order valence-corrected chi connectivity index (χ4v) is 5.92. The molecule has 4 atom stereocenters. The highest BCUT2D eigenvalue weighted by molar-refractivity contribution is 5.86. The largest absolute Gasteiger partial charge is 0.493 e. The standard InChI is InChI=1S/C27H31F2N3O4/c1-14-7-8-18-21(31(14)2)9-10-22-23(18)30-26(32(22)17-6-4-5-15(11-17)27(34)35)24(33)19-12-16(28)13-20(29)25(19)36-3/h9-10,12-15,17,24,33H,4-8,11H2,1-3H3,(H,34,35). The number of halogens is 2. The Morgan fingerprint density at radius 3 is 2.72 bits per heavy atom. The van der Waals surface area contributed by atoms with Crippen LogP contribution in [0.15, 0.2) is 24.3 Å². The Kier molecular flexibility index (Phi) is 6.36. The first-order chi connectivity index (χ1) is 17.2. The van der Waals surface area contributed by atoms with Crippen LogP contribution in [-0.2, 0) is 11.2 Å². The van der Waals surface area contributed by atoms with Gasteiger partial charge in [0.1, 0.15) is 17.7 Å². The van der Waals surface area contributed by atoms with Crippen LogP contribution in [0, 0.1) is 17.6 Å². The van der Waals surface area contributed by atoms with E-state index in [0.29, 0.717) is 24.9 Å². The summed E-state index contributed by atoms with van der Waals surface area (Å²) >= 11 is 0. The third-order valence-corrected chi connectivity index (χ3v) is 7.96. The molecule has 0 amide bonds. The van der Waals surface area contributed by atoms with Crippen molar-refractivity contribution in [3.05, 3.63) is 52.9 Å². The molecule has 4 unspecified atom stereocenters. The van der Waals surface area contributed by atoms with Crippen LogP contribution >= 0.6 is 0 Å². The van der Waals surface area contributed by atoms with Crippen molar-refractivity contribution in [3.8, 4) is 5.75 Å². The Balaban J connectivity index is 1.72. The minimum absolute atomic E-state index is 0.0586. The number of nitrogens with zero attached hydrogens (tertiary/aromatic N) is 3. The molecule has 0 bridgehead atoms. The maximum Gasteiger partial charge on any atom is 0.306 e. The van der Waals surface area contributed by atoms with Gasteiger partial charge in [-0.15, -0.1) is 0 Å². The molecule has 7 nitrogen and oxygen atoms in total. The first-order valence-electron chi connectivity index (χ1n) is 12.4. The van der Waals surface area contributed by atoms with E-state index in [1.807, 2.05) is 23.7 Å². The third-order valence-electron chi connectivity index (χ3n) is 7.96. The molecule has 0 radical (unpaired) electrons. The van der Waals surface area contributed by atoms with E-state index in [1.165, 1.54) is 7.11 Å². The summed E-state index contributed by atoms with van der Waals surface area (Å²) in [6, 6.07) is 5.92. The number of ether oxygens (including phenoxy) is 1. The topological polar surface area (TPSA) is 87.8 Å². The van der Waals surface area contributed by atoms with Crippen LogP contribution in [0.4, 0.5) is 14.5 Å². The molecule has 2 heterocycles. The van der Waals surface area contributed by atoms with Crippen LogP contribution in [0.25, 0.3) is 11.0 Å². The third kappa shape index (κ3) is 3.99. The molecule has 2 N–H and O–H groups in total. The van der Waals surface area contributed by atoms with Crippen molar-refractivity contribution in [2.45, 2.75) is 63.6 Å². The molecular weight excluding hydrogens is 468 g/mol. The van der Waals surface area contributed by atoms with E-state index in [0.717, 1.165) is 54.0 Å². The smallest absolute Gasteiger partial charge is 0.306 e. The van der Waals surface area contributed by atoms with E-state index in [1.54, 1.807) is 0 Å². The number of aryl methyl sites for hydroxylation is 1. The van der Waals surface area contributed by atoms with Crippen LogP contribution in [0.2, 0.25) is 0 Å². The average Bonchev–Trinajstić information content (AvgIpc) is 3.25. The van der Waals surface area contributed by atoms with Crippen molar-refractivity contribution in [2.24, 2.45) is 5.92 Å². The molecule has 0 saturated heterocycles. The number of carboxylic acid groups (broad SMARTS) is 1. The van der Waals surface area contributed by atoms with Crippen molar-refractivity contribution < 1.29 is 28.5 Å². The number of rotatable bonds is 5.